The van der Waals surface area contributed by atoms with Crippen LogP contribution in [0, 0.1) is 0 Å². The van der Waals surface area contributed by atoms with E-state index in [1.165, 1.54) is 6.92 Å². The minimum atomic E-state index is -4.75. The van der Waals surface area contributed by atoms with Crippen molar-refractivity contribution >= 4 is 22.9 Å². The van der Waals surface area contributed by atoms with Crippen molar-refractivity contribution < 1.29 is 12.9 Å². The van der Waals surface area contributed by atoms with Gasteiger partial charge in [-0.05, 0) is 11.4 Å². The quantitative estimate of drug-likeness (QED) is 0.554. The summed E-state index contributed by atoms with van der Waals surface area (Å²) >= 11 is 2.67. The van der Waals surface area contributed by atoms with E-state index < -0.39 is 6.98 Å². The van der Waals surface area contributed by atoms with Gasteiger partial charge >= 0.3 is 6.98 Å². The Balaban J connectivity index is 3.89. The van der Waals surface area contributed by atoms with E-state index in [-0.39, 0.29) is 10.5 Å². The fourth-order valence-electron chi connectivity index (χ4n) is 0.260. The van der Waals surface area contributed by atoms with Gasteiger partial charge in [-0.2, -0.15) is 0 Å². The Morgan fingerprint density at radius 1 is 1.50 bits per heavy atom. The van der Waals surface area contributed by atoms with Crippen LogP contribution < -0.4 is 0 Å². The van der Waals surface area contributed by atoms with Gasteiger partial charge in [0.25, 0.3) is 0 Å². The Kier molecular flexibility index (Phi) is 2.60. The van der Waals surface area contributed by atoms with Crippen LogP contribution >= 0.6 is 15.9 Å². The number of halogens is 4. The van der Waals surface area contributed by atoms with E-state index in [4.69, 9.17) is 0 Å². The van der Waals surface area contributed by atoms with Crippen LogP contribution in [-0.2, 0) is 0 Å². The van der Waals surface area contributed by atoms with Crippen LogP contribution in [0.5, 0.6) is 0 Å². The second-order valence-corrected chi connectivity index (χ2v) is 2.63. The molecule has 0 saturated heterocycles. The highest BCUT2D eigenvalue weighted by Gasteiger charge is 2.17. The van der Waals surface area contributed by atoms with E-state index >= 15 is 0 Å². The molecule has 0 amide bonds. The van der Waals surface area contributed by atoms with Gasteiger partial charge in [-0.25, -0.2) is 0 Å². The summed E-state index contributed by atoms with van der Waals surface area (Å²) in [5.41, 5.74) is 0. The molecule has 0 rings (SSSR count). The molecule has 0 unspecified atom stereocenters. The third-order valence-corrected chi connectivity index (χ3v) is 0.683. The Bertz CT molecular complexity index is 102. The van der Waals surface area contributed by atoms with Gasteiger partial charge < -0.3 is 12.9 Å². The molecule has 0 aromatic rings. The number of allylic oxidation sites excluding steroid dienone is 1. The van der Waals surface area contributed by atoms with Gasteiger partial charge in [0.1, 0.15) is 0 Å². The molecular weight excluding hydrogens is 184 g/mol. The molecule has 48 valence electrons. The minimum absolute atomic E-state index is 0.116. The normalized spacial score (nSPS) is 14.4. The lowest BCUT2D eigenvalue weighted by molar-refractivity contribution is 0.498. The first-order valence-electron chi connectivity index (χ1n) is 1.97. The highest BCUT2D eigenvalue weighted by Crippen LogP contribution is 2.15. The van der Waals surface area contributed by atoms with Crippen molar-refractivity contribution in [2.24, 2.45) is 0 Å². The van der Waals surface area contributed by atoms with E-state index in [9.17, 15) is 12.9 Å². The topological polar surface area (TPSA) is 0 Å². The maximum Gasteiger partial charge on any atom is 0.503 e. The summed E-state index contributed by atoms with van der Waals surface area (Å²) in [5, 5.41) is 0. The van der Waals surface area contributed by atoms with Crippen molar-refractivity contribution in [1.29, 1.82) is 0 Å². The van der Waals surface area contributed by atoms with Crippen LogP contribution in [0.15, 0.2) is 10.5 Å². The van der Waals surface area contributed by atoms with Crippen LogP contribution in [0.2, 0.25) is 0 Å². The van der Waals surface area contributed by atoms with Crippen LogP contribution in [-0.4, -0.2) is 6.98 Å². The van der Waals surface area contributed by atoms with Crippen LogP contribution in [0.25, 0.3) is 0 Å². The summed E-state index contributed by atoms with van der Waals surface area (Å²) < 4.78 is 33.9. The largest absolute Gasteiger partial charge is 0.503 e. The molecule has 0 aliphatic rings. The third kappa shape index (κ3) is 6.07. The van der Waals surface area contributed by atoms with Crippen molar-refractivity contribution in [1.82, 2.24) is 0 Å². The van der Waals surface area contributed by atoms with Crippen molar-refractivity contribution in [2.75, 3.05) is 0 Å². The summed E-state index contributed by atoms with van der Waals surface area (Å²) in [6.07, 6.45) is 0. The Morgan fingerprint density at radius 2 is 1.88 bits per heavy atom. The zero-order valence-electron chi connectivity index (χ0n) is 4.17. The van der Waals surface area contributed by atoms with Crippen molar-refractivity contribution in [2.45, 2.75) is 6.92 Å². The first-order chi connectivity index (χ1) is 3.42. The zero-order valence-corrected chi connectivity index (χ0v) is 5.75. The Labute approximate surface area is 53.9 Å². The molecule has 0 fully saturated rings. The van der Waals surface area contributed by atoms with Crippen molar-refractivity contribution in [3.63, 3.8) is 0 Å². The average Bonchev–Trinajstić information content (AvgIpc) is 1.21. The molecule has 5 heteroatoms. The summed E-state index contributed by atoms with van der Waals surface area (Å²) in [4.78, 5) is 0. The molecular formula is C3H4BBrF3-. The summed E-state index contributed by atoms with van der Waals surface area (Å²) in [6, 6.07) is 0. The Hall–Kier alpha value is 0.0749. The fourth-order valence-corrected chi connectivity index (χ4v) is 0.560. The van der Waals surface area contributed by atoms with E-state index in [1.807, 2.05) is 0 Å². The van der Waals surface area contributed by atoms with Gasteiger partial charge in [0.2, 0.25) is 0 Å². The van der Waals surface area contributed by atoms with Gasteiger partial charge in [-0.3, -0.25) is 0 Å². The third-order valence-electron chi connectivity index (χ3n) is 0.419. The summed E-state index contributed by atoms with van der Waals surface area (Å²) in [7, 11) is 0. The highest BCUT2D eigenvalue weighted by atomic mass is 79.9. The molecule has 0 aliphatic carbocycles. The fraction of sp³-hybridized carbons (Fsp3) is 0.333. The molecule has 0 aromatic carbocycles. The van der Waals surface area contributed by atoms with Crippen LogP contribution in [0.4, 0.5) is 12.9 Å². The molecule has 0 atom stereocenters. The van der Waals surface area contributed by atoms with Gasteiger partial charge in [-0.15, -0.1) is 5.98 Å². The molecule has 0 spiro atoms. The number of hydrogen-bond donors (Lipinski definition) is 0. The van der Waals surface area contributed by atoms with E-state index in [2.05, 4.69) is 15.9 Å². The summed E-state index contributed by atoms with van der Waals surface area (Å²) in [6.45, 7) is -3.40. The Morgan fingerprint density at radius 3 is 1.88 bits per heavy atom. The first kappa shape index (κ1) is 8.07. The predicted octanol–water partition coefficient (Wildman–Crippen LogP) is 2.67. The average molecular weight is 188 g/mol. The highest BCUT2D eigenvalue weighted by molar-refractivity contribution is 9.11. The molecule has 0 radical (unpaired) electrons. The lowest BCUT2D eigenvalue weighted by Crippen LogP contribution is -2.10. The molecule has 0 nitrogen and oxygen atoms in total. The van der Waals surface area contributed by atoms with E-state index in [0.717, 1.165) is 0 Å². The van der Waals surface area contributed by atoms with Crippen molar-refractivity contribution in [3.8, 4) is 0 Å². The number of rotatable bonds is 1. The predicted molar refractivity (Wildman–Crippen MR) is 31.8 cm³/mol. The standard InChI is InChI=1S/C3H4BBrF3/c1-3(5)2-4(6,7)8/h2H,1H3/q-1/b3-2-. The van der Waals surface area contributed by atoms with Crippen molar-refractivity contribution in [3.05, 3.63) is 10.5 Å². The second kappa shape index (κ2) is 2.57. The van der Waals surface area contributed by atoms with Gasteiger partial charge in [0, 0.05) is 0 Å². The molecule has 0 aromatic heterocycles. The lowest BCUT2D eigenvalue weighted by Gasteiger charge is -2.06. The smallest absolute Gasteiger partial charge is 0.445 e. The van der Waals surface area contributed by atoms with Gasteiger partial charge in [0.05, 0.1) is 0 Å². The minimum Gasteiger partial charge on any atom is -0.445 e. The first-order valence-corrected chi connectivity index (χ1v) is 2.76. The van der Waals surface area contributed by atoms with Crippen LogP contribution in [0.1, 0.15) is 6.92 Å². The number of hydrogen-bond acceptors (Lipinski definition) is 0. The van der Waals surface area contributed by atoms with Gasteiger partial charge in [-0.1, -0.05) is 15.9 Å². The molecule has 0 N–H and O–H groups in total. The van der Waals surface area contributed by atoms with E-state index in [1.54, 1.807) is 0 Å². The SMILES string of the molecule is C/C(Br)=C/[B-](F)(F)F. The zero-order chi connectivity index (χ0) is 6.78. The maximum absolute atomic E-state index is 11.3. The second-order valence-electron chi connectivity index (χ2n) is 1.38. The molecule has 0 heterocycles. The van der Waals surface area contributed by atoms with Gasteiger partial charge in [0.15, 0.2) is 0 Å². The molecule has 0 bridgehead atoms. The monoisotopic (exact) mass is 187 g/mol. The van der Waals surface area contributed by atoms with E-state index in [0.29, 0.717) is 0 Å². The molecule has 0 aliphatic heterocycles. The molecule has 0 saturated carbocycles. The maximum atomic E-state index is 11.3. The van der Waals surface area contributed by atoms with Crippen LogP contribution in [0.3, 0.4) is 0 Å². The summed E-state index contributed by atoms with van der Waals surface area (Å²) in [5.74, 6) is 0.250. The molecule has 8 heavy (non-hydrogen) atoms. The lowest BCUT2D eigenvalue weighted by atomic mass is 9.92.